The van der Waals surface area contributed by atoms with Gasteiger partial charge in [-0.2, -0.15) is 0 Å². The number of ether oxygens (including phenoxy) is 2. The second kappa shape index (κ2) is 9.13. The van der Waals surface area contributed by atoms with E-state index in [1.165, 1.54) is 6.07 Å². The quantitative estimate of drug-likeness (QED) is 0.354. The summed E-state index contributed by atoms with van der Waals surface area (Å²) in [7, 11) is 0. The standard InChI is InChI=1S/C14H16FN3O5/c1-3-22-12(19)10(13(20)23-4-2)8-17-14(21)18-11-6-5-9(15)7-16-11/h5-8H,3-4H2,1-2H3,(H2,16,17,18,21). The molecule has 124 valence electrons. The Morgan fingerprint density at radius 2 is 1.78 bits per heavy atom. The maximum absolute atomic E-state index is 12.7. The fraction of sp³-hybridized carbons (Fsp3) is 0.286. The zero-order valence-electron chi connectivity index (χ0n) is 12.6. The lowest BCUT2D eigenvalue weighted by molar-refractivity contribution is -0.146. The largest absolute Gasteiger partial charge is 0.462 e. The van der Waals surface area contributed by atoms with E-state index in [1.807, 2.05) is 0 Å². The Hall–Kier alpha value is -2.97. The molecule has 1 aromatic rings. The predicted molar refractivity (Wildman–Crippen MR) is 77.7 cm³/mol. The Labute approximate surface area is 131 Å². The van der Waals surface area contributed by atoms with Gasteiger partial charge in [0.25, 0.3) is 0 Å². The summed E-state index contributed by atoms with van der Waals surface area (Å²) in [4.78, 5) is 38.6. The number of rotatable bonds is 6. The third kappa shape index (κ3) is 6.12. The molecule has 0 radical (unpaired) electrons. The zero-order chi connectivity index (χ0) is 17.2. The SMILES string of the molecule is CCOC(=O)C(=CNC(=O)Nc1ccc(F)cn1)C(=O)OCC. The monoisotopic (exact) mass is 325 g/mol. The first kappa shape index (κ1) is 18.1. The fourth-order valence-electron chi connectivity index (χ4n) is 1.36. The normalized spacial score (nSPS) is 9.52. The molecule has 0 fully saturated rings. The number of urea groups is 1. The Morgan fingerprint density at radius 1 is 1.17 bits per heavy atom. The third-order valence-electron chi connectivity index (χ3n) is 2.31. The number of pyridine rings is 1. The summed E-state index contributed by atoms with van der Waals surface area (Å²) in [5, 5.41) is 4.47. The zero-order valence-corrected chi connectivity index (χ0v) is 12.6. The fourth-order valence-corrected chi connectivity index (χ4v) is 1.36. The number of carbonyl (C=O) groups excluding carboxylic acids is 3. The predicted octanol–water partition coefficient (Wildman–Crippen LogP) is 1.35. The van der Waals surface area contributed by atoms with E-state index >= 15 is 0 Å². The summed E-state index contributed by atoms with van der Waals surface area (Å²) in [5.41, 5.74) is -0.462. The number of anilines is 1. The maximum atomic E-state index is 12.7. The molecule has 0 saturated carbocycles. The van der Waals surface area contributed by atoms with Crippen LogP contribution in [0.4, 0.5) is 15.0 Å². The molecular formula is C14H16FN3O5. The minimum Gasteiger partial charge on any atom is -0.462 e. The molecule has 1 aromatic heterocycles. The minimum atomic E-state index is -0.925. The molecule has 1 rings (SSSR count). The summed E-state index contributed by atoms with van der Waals surface area (Å²) >= 11 is 0. The van der Waals surface area contributed by atoms with Crippen LogP contribution >= 0.6 is 0 Å². The van der Waals surface area contributed by atoms with E-state index in [0.29, 0.717) is 0 Å². The summed E-state index contributed by atoms with van der Waals surface area (Å²) in [6.45, 7) is 3.25. The van der Waals surface area contributed by atoms with Crippen LogP contribution in [-0.4, -0.2) is 36.2 Å². The van der Waals surface area contributed by atoms with Crippen LogP contribution in [0.2, 0.25) is 0 Å². The number of nitrogens with one attached hydrogen (secondary N) is 2. The second-order valence-corrected chi connectivity index (χ2v) is 3.96. The van der Waals surface area contributed by atoms with Gasteiger partial charge in [-0.25, -0.2) is 23.8 Å². The first-order valence-corrected chi connectivity index (χ1v) is 6.71. The number of esters is 2. The van der Waals surface area contributed by atoms with Gasteiger partial charge in [-0.3, -0.25) is 5.32 Å². The van der Waals surface area contributed by atoms with Crippen molar-refractivity contribution >= 4 is 23.8 Å². The molecule has 0 bridgehead atoms. The molecule has 0 aliphatic rings. The van der Waals surface area contributed by atoms with Gasteiger partial charge in [0, 0.05) is 6.20 Å². The lowest BCUT2D eigenvalue weighted by atomic mass is 10.3. The van der Waals surface area contributed by atoms with E-state index in [9.17, 15) is 18.8 Å². The van der Waals surface area contributed by atoms with E-state index in [-0.39, 0.29) is 19.0 Å². The van der Waals surface area contributed by atoms with Crippen LogP contribution in [0.5, 0.6) is 0 Å². The summed E-state index contributed by atoms with van der Waals surface area (Å²) in [6.07, 6.45) is 1.79. The van der Waals surface area contributed by atoms with Crippen molar-refractivity contribution in [1.29, 1.82) is 0 Å². The number of aromatic nitrogens is 1. The van der Waals surface area contributed by atoms with Crippen LogP contribution < -0.4 is 10.6 Å². The van der Waals surface area contributed by atoms with Gasteiger partial charge in [0.2, 0.25) is 0 Å². The van der Waals surface area contributed by atoms with Crippen molar-refractivity contribution in [2.75, 3.05) is 18.5 Å². The summed E-state index contributed by atoms with van der Waals surface area (Å²) < 4.78 is 22.1. The van der Waals surface area contributed by atoms with Gasteiger partial charge in [-0.15, -0.1) is 0 Å². The second-order valence-electron chi connectivity index (χ2n) is 3.96. The van der Waals surface area contributed by atoms with Gasteiger partial charge in [0.15, 0.2) is 5.57 Å². The van der Waals surface area contributed by atoms with E-state index in [0.717, 1.165) is 18.5 Å². The van der Waals surface area contributed by atoms with Gasteiger partial charge in [-0.1, -0.05) is 0 Å². The van der Waals surface area contributed by atoms with Crippen LogP contribution in [0.3, 0.4) is 0 Å². The number of nitrogens with zero attached hydrogens (tertiary/aromatic N) is 1. The highest BCUT2D eigenvalue weighted by Gasteiger charge is 2.21. The van der Waals surface area contributed by atoms with Crippen LogP contribution in [0.25, 0.3) is 0 Å². The Kier molecular flexibility index (Phi) is 7.18. The highest BCUT2D eigenvalue weighted by molar-refractivity contribution is 6.14. The van der Waals surface area contributed by atoms with Crippen LogP contribution in [0.15, 0.2) is 30.1 Å². The molecule has 8 nitrogen and oxygen atoms in total. The number of halogens is 1. The molecule has 0 aliphatic carbocycles. The van der Waals surface area contributed by atoms with Crippen molar-refractivity contribution < 1.29 is 28.2 Å². The van der Waals surface area contributed by atoms with Crippen LogP contribution in [-0.2, 0) is 19.1 Å². The average Bonchev–Trinajstić information content (AvgIpc) is 2.50. The van der Waals surface area contributed by atoms with Crippen molar-refractivity contribution in [3.8, 4) is 0 Å². The molecule has 1 heterocycles. The molecule has 2 N–H and O–H groups in total. The summed E-state index contributed by atoms with van der Waals surface area (Å²) in [6, 6.07) is 1.58. The first-order valence-electron chi connectivity index (χ1n) is 6.71. The van der Waals surface area contributed by atoms with E-state index in [4.69, 9.17) is 9.47 Å². The van der Waals surface area contributed by atoms with Gasteiger partial charge >= 0.3 is 18.0 Å². The maximum Gasteiger partial charge on any atom is 0.347 e. The molecule has 0 atom stereocenters. The molecular weight excluding hydrogens is 309 g/mol. The van der Waals surface area contributed by atoms with Gasteiger partial charge in [-0.05, 0) is 26.0 Å². The third-order valence-corrected chi connectivity index (χ3v) is 2.31. The molecule has 9 heteroatoms. The number of hydrogen-bond donors (Lipinski definition) is 2. The van der Waals surface area contributed by atoms with E-state index in [2.05, 4.69) is 15.6 Å². The number of amides is 2. The summed E-state index contributed by atoms with van der Waals surface area (Å²) in [5.74, 6) is -2.31. The van der Waals surface area contributed by atoms with Crippen molar-refractivity contribution in [2.45, 2.75) is 13.8 Å². The lowest BCUT2D eigenvalue weighted by Crippen LogP contribution is -2.28. The van der Waals surface area contributed by atoms with Crippen molar-refractivity contribution in [1.82, 2.24) is 10.3 Å². The van der Waals surface area contributed by atoms with E-state index < -0.39 is 29.4 Å². The number of carbonyl (C=O) groups is 3. The molecule has 0 aliphatic heterocycles. The Bertz CT molecular complexity index is 581. The average molecular weight is 325 g/mol. The first-order chi connectivity index (χ1) is 11.0. The van der Waals surface area contributed by atoms with Crippen LogP contribution in [0, 0.1) is 5.82 Å². The molecule has 0 aromatic carbocycles. The van der Waals surface area contributed by atoms with Gasteiger partial charge < -0.3 is 14.8 Å². The molecule has 0 spiro atoms. The topological polar surface area (TPSA) is 107 Å². The molecule has 2 amide bonds. The van der Waals surface area contributed by atoms with Crippen LogP contribution in [0.1, 0.15) is 13.8 Å². The van der Waals surface area contributed by atoms with Crippen molar-refractivity contribution in [2.24, 2.45) is 0 Å². The van der Waals surface area contributed by atoms with Gasteiger partial charge in [0.1, 0.15) is 11.6 Å². The van der Waals surface area contributed by atoms with Crippen molar-refractivity contribution in [3.63, 3.8) is 0 Å². The molecule has 23 heavy (non-hydrogen) atoms. The minimum absolute atomic E-state index is 0.0568. The highest BCUT2D eigenvalue weighted by atomic mass is 19.1. The smallest absolute Gasteiger partial charge is 0.347 e. The molecule has 0 saturated heterocycles. The Morgan fingerprint density at radius 3 is 2.26 bits per heavy atom. The van der Waals surface area contributed by atoms with E-state index in [1.54, 1.807) is 13.8 Å². The number of hydrogen-bond acceptors (Lipinski definition) is 6. The lowest BCUT2D eigenvalue weighted by Gasteiger charge is -2.07. The van der Waals surface area contributed by atoms with Gasteiger partial charge in [0.05, 0.1) is 19.4 Å². The van der Waals surface area contributed by atoms with Crippen molar-refractivity contribution in [3.05, 3.63) is 35.9 Å². The molecule has 0 unspecified atom stereocenters. The highest BCUT2D eigenvalue weighted by Crippen LogP contribution is 2.04. The Balaban J connectivity index is 2.74.